The minimum absolute atomic E-state index is 0.714. The highest BCUT2D eigenvalue weighted by atomic mass is 31.2. The van der Waals surface area contributed by atoms with Crippen LogP contribution in [0, 0.1) is 0 Å². The van der Waals surface area contributed by atoms with Gasteiger partial charge in [-0.1, -0.05) is 0 Å². The topological polar surface area (TPSA) is 234 Å². The normalized spacial score (nSPS) is 60.9. The van der Waals surface area contributed by atoms with E-state index in [0.717, 1.165) is 0 Å². The van der Waals surface area contributed by atoms with Crippen LogP contribution in [-0.4, -0.2) is 115 Å². The number of aliphatic hydroxyl groups is 8. The van der Waals surface area contributed by atoms with Crippen LogP contribution in [0.1, 0.15) is 0 Å². The van der Waals surface area contributed by atoms with Crippen LogP contribution in [0.2, 0.25) is 0 Å². The summed E-state index contributed by atoms with van der Waals surface area (Å²) in [6.45, 7) is -1.48. The Labute approximate surface area is 155 Å². The predicted molar refractivity (Wildman–Crippen MR) is 76.3 cm³/mol. The van der Waals surface area contributed by atoms with Gasteiger partial charge >= 0.3 is 19.6 Å². The zero-order chi connectivity index (χ0) is 20.7. The molecule has 0 spiro atoms. The van der Waals surface area contributed by atoms with Gasteiger partial charge in [0.25, 0.3) is 5.79 Å². The summed E-state index contributed by atoms with van der Waals surface area (Å²) in [4.78, 5) is 0. The second-order valence-electron chi connectivity index (χ2n) is 6.78. The maximum absolute atomic E-state index is 12.0. The Morgan fingerprint density at radius 3 is 2.21 bits per heavy atom. The van der Waals surface area contributed by atoms with E-state index in [0.29, 0.717) is 0 Å². The van der Waals surface area contributed by atoms with Gasteiger partial charge in [0.2, 0.25) is 0 Å². The minimum atomic E-state index is -4.63. The monoisotopic (exact) mass is 434 g/mol. The Hall–Kier alpha value is -0.330. The zero-order valence-corrected chi connectivity index (χ0v) is 14.7. The average Bonchev–Trinajstić information content (AvgIpc) is 2.96. The molecule has 0 saturated carbocycles. The fraction of sp³-hybridized carbons (Fsp3) is 1.00. The average molecular weight is 434 g/mol. The minimum Gasteiger partial charge on any atom is -0.394 e. The number of aliphatic hydroxyl groups excluding tert-OH is 5. The van der Waals surface area contributed by atoms with Gasteiger partial charge in [-0.05, 0) is 0 Å². The lowest BCUT2D eigenvalue weighted by Gasteiger charge is -2.51. The molecule has 4 heterocycles. The summed E-state index contributed by atoms with van der Waals surface area (Å²) in [7, 11) is -4.63. The van der Waals surface area contributed by atoms with Crippen molar-refractivity contribution >= 4 is 7.82 Å². The molecule has 11 atom stereocenters. The molecule has 4 aliphatic rings. The molecule has 15 nitrogen and oxygen atoms in total. The van der Waals surface area contributed by atoms with Gasteiger partial charge in [-0.15, -0.1) is 0 Å². The second kappa shape index (κ2) is 6.34. The van der Waals surface area contributed by atoms with E-state index in [-0.39, 0.29) is 0 Å². The van der Waals surface area contributed by atoms with E-state index in [4.69, 9.17) is 19.3 Å². The number of ether oxygens (including phenoxy) is 3. The molecular weight excluding hydrogens is 415 g/mol. The lowest BCUT2D eigenvalue weighted by Crippen LogP contribution is -2.78. The van der Waals surface area contributed by atoms with E-state index in [1.54, 1.807) is 0 Å². The molecule has 4 rings (SSSR count). The van der Waals surface area contributed by atoms with Gasteiger partial charge < -0.3 is 55.1 Å². The molecule has 2 bridgehead atoms. The molecule has 0 aliphatic carbocycles. The van der Waals surface area contributed by atoms with Gasteiger partial charge in [-0.3, -0.25) is 0 Å². The Balaban J connectivity index is 1.49. The largest absolute Gasteiger partial charge is 0.485 e. The smallest absolute Gasteiger partial charge is 0.394 e. The summed E-state index contributed by atoms with van der Waals surface area (Å²) in [6, 6.07) is 0. The summed E-state index contributed by atoms with van der Waals surface area (Å²) in [5.74, 6) is -9.52. The van der Waals surface area contributed by atoms with Crippen molar-refractivity contribution in [3.8, 4) is 0 Å². The third-order valence-corrected chi connectivity index (χ3v) is 6.44. The maximum atomic E-state index is 12.0. The summed E-state index contributed by atoms with van der Waals surface area (Å²) >= 11 is 0. The molecule has 16 heteroatoms. The number of fused-ring (bicyclic) bond motifs is 1. The second-order valence-corrected chi connectivity index (χ2v) is 8.22. The van der Waals surface area contributed by atoms with Gasteiger partial charge in [-0.25, -0.2) is 18.1 Å². The SMILES string of the molecule is O=P12O[C@]3(O)O[C@H](CO[C@H]4O[C@H](CO)[C@@H](O)[C@H](O)[C@H]4O)[C@H](O)[C@](O)(O1)[C@@]3(O)O2. The lowest BCUT2D eigenvalue weighted by atomic mass is 9.90. The number of rotatable bonds is 4. The van der Waals surface area contributed by atoms with Crippen LogP contribution in [0.25, 0.3) is 0 Å². The first-order valence-electron chi connectivity index (χ1n) is 8.07. The first kappa shape index (κ1) is 20.9. The van der Waals surface area contributed by atoms with Crippen molar-refractivity contribution in [2.24, 2.45) is 0 Å². The molecule has 4 saturated heterocycles. The molecule has 0 radical (unpaired) electrons. The highest BCUT2D eigenvalue weighted by molar-refractivity contribution is 7.49. The number of phosphoric ester groups is 1. The van der Waals surface area contributed by atoms with E-state index in [2.05, 4.69) is 13.6 Å². The summed E-state index contributed by atoms with van der Waals surface area (Å²) < 4.78 is 40.8. The molecule has 8 N–H and O–H groups in total. The standard InChI is InChI=1S/C12H19O15P/c13-1-3-5(14)6(15)7(16)9(23-3)22-2-4-8(17)10(18)11(19)12(20,24-4)27-28(21,25-10)26-11/h3-9,13-20H,1-2H2/t3-,4-,5-,6+,7-,8+,9+,10+,11-,12-,28?/m1/s1. The van der Waals surface area contributed by atoms with Crippen LogP contribution in [0.3, 0.4) is 0 Å². The Morgan fingerprint density at radius 2 is 1.61 bits per heavy atom. The fourth-order valence-corrected chi connectivity index (χ4v) is 5.13. The van der Waals surface area contributed by atoms with Crippen LogP contribution in [0.15, 0.2) is 0 Å². The van der Waals surface area contributed by atoms with Gasteiger partial charge in [-0.2, -0.15) is 0 Å². The lowest BCUT2D eigenvalue weighted by molar-refractivity contribution is -0.527. The number of hydrogen-bond acceptors (Lipinski definition) is 15. The van der Waals surface area contributed by atoms with E-state index in [9.17, 15) is 40.3 Å². The predicted octanol–water partition coefficient (Wildman–Crippen LogP) is -5.23. The first-order chi connectivity index (χ1) is 12.9. The Kier molecular flexibility index (Phi) is 4.73. The van der Waals surface area contributed by atoms with Crippen LogP contribution >= 0.6 is 7.82 Å². The van der Waals surface area contributed by atoms with Crippen LogP contribution in [-0.2, 0) is 32.3 Å². The van der Waals surface area contributed by atoms with Crippen molar-refractivity contribution in [3.63, 3.8) is 0 Å². The van der Waals surface area contributed by atoms with Crippen molar-refractivity contribution in [2.75, 3.05) is 13.2 Å². The van der Waals surface area contributed by atoms with Crippen LogP contribution < -0.4 is 0 Å². The highest BCUT2D eigenvalue weighted by Crippen LogP contribution is 2.76. The number of hydrogen-bond donors (Lipinski definition) is 8. The molecule has 162 valence electrons. The Bertz CT molecular complexity index is 690. The van der Waals surface area contributed by atoms with E-state index in [1.807, 2.05) is 0 Å². The quantitative estimate of drug-likeness (QED) is 0.193. The molecule has 0 aromatic rings. The fourth-order valence-electron chi connectivity index (χ4n) is 3.41. The van der Waals surface area contributed by atoms with Crippen molar-refractivity contribution < 1.29 is 73.2 Å². The first-order valence-corrected chi connectivity index (χ1v) is 9.53. The molecule has 0 amide bonds. The molecule has 0 aromatic carbocycles. The molecule has 28 heavy (non-hydrogen) atoms. The third-order valence-electron chi connectivity index (χ3n) is 4.98. The molecule has 4 aliphatic heterocycles. The van der Waals surface area contributed by atoms with Crippen molar-refractivity contribution in [3.05, 3.63) is 0 Å². The van der Waals surface area contributed by atoms with E-state index < -0.39 is 81.5 Å². The maximum Gasteiger partial charge on any atom is 0.485 e. The Morgan fingerprint density at radius 1 is 0.929 bits per heavy atom. The summed E-state index contributed by atoms with van der Waals surface area (Å²) in [6.07, 6.45) is -11.9. The number of phosphoric acid groups is 1. The van der Waals surface area contributed by atoms with Crippen LogP contribution in [0.4, 0.5) is 0 Å². The van der Waals surface area contributed by atoms with E-state index in [1.165, 1.54) is 0 Å². The molecular formula is C12H19O15P. The molecule has 1 unspecified atom stereocenters. The van der Waals surface area contributed by atoms with E-state index >= 15 is 0 Å². The molecule has 4 fully saturated rings. The van der Waals surface area contributed by atoms with Gasteiger partial charge in [0.05, 0.1) is 13.2 Å². The third kappa shape index (κ3) is 2.59. The van der Waals surface area contributed by atoms with Crippen molar-refractivity contribution in [1.29, 1.82) is 0 Å². The van der Waals surface area contributed by atoms with Gasteiger partial charge in [0, 0.05) is 0 Å². The molecule has 0 aromatic heterocycles. The van der Waals surface area contributed by atoms with Crippen molar-refractivity contribution in [2.45, 2.75) is 60.5 Å². The van der Waals surface area contributed by atoms with Crippen LogP contribution in [0.5, 0.6) is 0 Å². The van der Waals surface area contributed by atoms with Gasteiger partial charge in [0.1, 0.15) is 36.6 Å². The van der Waals surface area contributed by atoms with Crippen molar-refractivity contribution in [1.82, 2.24) is 0 Å². The zero-order valence-electron chi connectivity index (χ0n) is 13.8. The van der Waals surface area contributed by atoms with Gasteiger partial charge in [0.15, 0.2) is 6.29 Å². The summed E-state index contributed by atoms with van der Waals surface area (Å²) in [5.41, 5.74) is 0. The summed E-state index contributed by atoms with van der Waals surface area (Å²) in [5, 5.41) is 79.7. The highest BCUT2D eigenvalue weighted by Gasteiger charge is 2.89.